The lowest BCUT2D eigenvalue weighted by Gasteiger charge is -2.42. The Bertz CT molecular complexity index is 1360. The number of benzene rings is 2. The molecule has 3 heterocycles. The van der Waals surface area contributed by atoms with Gasteiger partial charge in [-0.1, -0.05) is 49.2 Å². The van der Waals surface area contributed by atoms with Gasteiger partial charge in [0.05, 0.1) is 0 Å². The summed E-state index contributed by atoms with van der Waals surface area (Å²) in [6, 6.07) is 13.6. The van der Waals surface area contributed by atoms with Crippen molar-refractivity contribution >= 4 is 46.7 Å². The summed E-state index contributed by atoms with van der Waals surface area (Å²) in [5.74, 6) is -0.743. The molecule has 0 radical (unpaired) electrons. The number of carbonyl (C=O) groups excluding carboxylic acids is 3. The van der Waals surface area contributed by atoms with Crippen LogP contribution in [0.1, 0.15) is 67.4 Å². The number of allylic oxidation sites excluding steroid dienone is 1. The molecule has 0 saturated carbocycles. The monoisotopic (exact) mass is 563 g/mol. The molecule has 1 N–H and O–H groups in total. The van der Waals surface area contributed by atoms with Crippen molar-refractivity contribution in [1.29, 1.82) is 0 Å². The van der Waals surface area contributed by atoms with Crippen molar-refractivity contribution in [3.8, 4) is 0 Å². The number of rotatable bonds is 6. The summed E-state index contributed by atoms with van der Waals surface area (Å²) in [5.41, 5.74) is 6.33. The predicted octanol–water partition coefficient (Wildman–Crippen LogP) is 5.54. The van der Waals surface area contributed by atoms with Crippen molar-refractivity contribution < 1.29 is 14.4 Å². The number of nitrogens with one attached hydrogen (secondary N) is 1. The number of carbonyl (C=O) groups is 3. The van der Waals surface area contributed by atoms with Gasteiger partial charge in [-0.15, -0.1) is 11.8 Å². The van der Waals surface area contributed by atoms with E-state index in [4.69, 9.17) is 11.6 Å². The molecule has 2 aromatic carbocycles. The summed E-state index contributed by atoms with van der Waals surface area (Å²) in [6.07, 6.45) is 4.06. The molecule has 39 heavy (non-hydrogen) atoms. The van der Waals surface area contributed by atoms with Crippen molar-refractivity contribution in [3.05, 3.63) is 69.8 Å². The minimum atomic E-state index is -0.581. The maximum absolute atomic E-state index is 13.2. The number of fused-ring (bicyclic) bond motifs is 1. The van der Waals surface area contributed by atoms with Gasteiger partial charge >= 0.3 is 0 Å². The van der Waals surface area contributed by atoms with Crippen LogP contribution in [0.3, 0.4) is 0 Å². The number of imide groups is 1. The minimum absolute atomic E-state index is 0.112. The third kappa shape index (κ3) is 5.41. The van der Waals surface area contributed by atoms with Crippen LogP contribution in [0.2, 0.25) is 5.02 Å². The Balaban J connectivity index is 1.12. The van der Waals surface area contributed by atoms with Gasteiger partial charge in [-0.2, -0.15) is 0 Å². The number of thioether (sulfide) groups is 1. The Morgan fingerprint density at radius 1 is 1.05 bits per heavy atom. The molecule has 6 rings (SSSR count). The van der Waals surface area contributed by atoms with Crippen molar-refractivity contribution in [1.82, 2.24) is 15.1 Å². The van der Waals surface area contributed by atoms with Crippen LogP contribution < -0.4 is 5.32 Å². The number of halogens is 1. The average molecular weight is 564 g/mol. The van der Waals surface area contributed by atoms with Gasteiger partial charge < -0.3 is 4.90 Å². The zero-order valence-electron chi connectivity index (χ0n) is 22.5. The second-order valence-electron chi connectivity index (χ2n) is 12.0. The molecule has 4 aliphatic rings. The Labute approximate surface area is 239 Å². The Morgan fingerprint density at radius 2 is 1.82 bits per heavy atom. The molecule has 0 aromatic heterocycles. The molecule has 2 aromatic rings. The molecule has 1 atom stereocenters. The van der Waals surface area contributed by atoms with Crippen molar-refractivity contribution in [3.63, 3.8) is 0 Å². The zero-order valence-corrected chi connectivity index (χ0v) is 24.0. The summed E-state index contributed by atoms with van der Waals surface area (Å²) in [7, 11) is 0. The summed E-state index contributed by atoms with van der Waals surface area (Å²) in [6.45, 7) is 8.18. The first-order valence-corrected chi connectivity index (χ1v) is 15.0. The van der Waals surface area contributed by atoms with Crippen LogP contribution >= 0.6 is 23.4 Å². The highest BCUT2D eigenvalue weighted by Crippen LogP contribution is 2.44. The standard InChI is InChI=1S/C31H34ClN3O3S/c1-31(2)13-12-23(19-6-8-21(32)9-7-19)20(14-31)15-34-16-22(17-34)39-27-5-3-4-24-25(27)18-35(30(24)38)26-10-11-28(36)33-29(26)37/h3-9,22,26H,10-18H2,1-2H3,(H,33,36,37). The zero-order chi connectivity index (χ0) is 27.3. The normalized spacial score (nSPS) is 23.6. The maximum atomic E-state index is 13.2. The quantitative estimate of drug-likeness (QED) is 0.467. The van der Waals surface area contributed by atoms with E-state index in [9.17, 15) is 14.4 Å². The van der Waals surface area contributed by atoms with Crippen LogP contribution in [0.5, 0.6) is 0 Å². The highest BCUT2D eigenvalue weighted by molar-refractivity contribution is 8.00. The van der Waals surface area contributed by atoms with E-state index in [-0.39, 0.29) is 24.1 Å². The van der Waals surface area contributed by atoms with E-state index in [0.717, 1.165) is 48.0 Å². The summed E-state index contributed by atoms with van der Waals surface area (Å²) in [4.78, 5) is 42.5. The molecular formula is C31H34ClN3O3S. The number of hydrogen-bond donors (Lipinski definition) is 1. The van der Waals surface area contributed by atoms with Crippen LogP contribution in [0.4, 0.5) is 0 Å². The molecule has 204 valence electrons. The Hall–Kier alpha value is -2.61. The molecular weight excluding hydrogens is 530 g/mol. The van der Waals surface area contributed by atoms with Gasteiger partial charge in [0.15, 0.2) is 0 Å². The van der Waals surface area contributed by atoms with Gasteiger partial charge in [-0.05, 0) is 72.1 Å². The van der Waals surface area contributed by atoms with E-state index in [1.165, 1.54) is 17.6 Å². The van der Waals surface area contributed by atoms with Crippen LogP contribution in [0.15, 0.2) is 52.9 Å². The summed E-state index contributed by atoms with van der Waals surface area (Å²) >= 11 is 8.00. The molecule has 0 bridgehead atoms. The fourth-order valence-electron chi connectivity index (χ4n) is 6.41. The van der Waals surface area contributed by atoms with Crippen LogP contribution in [-0.4, -0.2) is 58.4 Å². The number of likely N-dealkylation sites (tertiary alicyclic amines) is 1. The van der Waals surface area contributed by atoms with Gasteiger partial charge in [0, 0.05) is 53.3 Å². The number of nitrogens with zero attached hydrogens (tertiary/aromatic N) is 2. The molecule has 3 amide bonds. The van der Waals surface area contributed by atoms with Gasteiger partial charge in [0.25, 0.3) is 5.91 Å². The van der Waals surface area contributed by atoms with E-state index in [0.29, 0.717) is 29.2 Å². The molecule has 6 nitrogen and oxygen atoms in total. The van der Waals surface area contributed by atoms with Crippen molar-refractivity contribution in [2.45, 2.75) is 68.7 Å². The average Bonchev–Trinajstić information content (AvgIpc) is 3.20. The fraction of sp³-hybridized carbons (Fsp3) is 0.452. The van der Waals surface area contributed by atoms with Crippen molar-refractivity contribution in [2.75, 3.05) is 19.6 Å². The Kier molecular flexibility index (Phi) is 7.11. The Morgan fingerprint density at radius 3 is 2.56 bits per heavy atom. The minimum Gasteiger partial charge on any atom is -0.322 e. The van der Waals surface area contributed by atoms with E-state index in [1.54, 1.807) is 10.5 Å². The number of hydrogen-bond acceptors (Lipinski definition) is 5. The van der Waals surface area contributed by atoms with E-state index < -0.39 is 6.04 Å². The van der Waals surface area contributed by atoms with E-state index in [1.807, 2.05) is 36.0 Å². The molecule has 3 aliphatic heterocycles. The molecule has 1 aliphatic carbocycles. The predicted molar refractivity (Wildman–Crippen MR) is 155 cm³/mol. The van der Waals surface area contributed by atoms with Crippen LogP contribution in [-0.2, 0) is 16.1 Å². The fourth-order valence-corrected chi connectivity index (χ4v) is 7.94. The van der Waals surface area contributed by atoms with Gasteiger partial charge in [0.1, 0.15) is 6.04 Å². The molecule has 0 spiro atoms. The lowest BCUT2D eigenvalue weighted by molar-refractivity contribution is -0.136. The van der Waals surface area contributed by atoms with E-state index in [2.05, 4.69) is 42.3 Å². The van der Waals surface area contributed by atoms with Crippen molar-refractivity contribution in [2.24, 2.45) is 5.41 Å². The molecule has 2 fully saturated rings. The third-order valence-corrected chi connectivity index (χ3v) is 10.1. The topological polar surface area (TPSA) is 69.7 Å². The van der Waals surface area contributed by atoms with E-state index >= 15 is 0 Å². The van der Waals surface area contributed by atoms with Gasteiger partial charge in [0.2, 0.25) is 11.8 Å². The van der Waals surface area contributed by atoms with Crippen LogP contribution in [0, 0.1) is 5.41 Å². The smallest absolute Gasteiger partial charge is 0.255 e. The van der Waals surface area contributed by atoms with Crippen LogP contribution in [0.25, 0.3) is 5.57 Å². The first-order chi connectivity index (χ1) is 18.7. The highest BCUT2D eigenvalue weighted by Gasteiger charge is 2.40. The SMILES string of the molecule is CC1(C)CCC(c2ccc(Cl)cc2)=C(CN2CC(Sc3cccc4c3CN(C3CCC(=O)NC3=O)C4=O)C2)C1. The maximum Gasteiger partial charge on any atom is 0.255 e. The number of piperidine rings is 1. The largest absolute Gasteiger partial charge is 0.322 e. The third-order valence-electron chi connectivity index (χ3n) is 8.53. The first kappa shape index (κ1) is 26.6. The molecule has 1 unspecified atom stereocenters. The lowest BCUT2D eigenvalue weighted by Crippen LogP contribution is -2.52. The first-order valence-electron chi connectivity index (χ1n) is 13.8. The second-order valence-corrected chi connectivity index (χ2v) is 13.8. The molecule has 2 saturated heterocycles. The van der Waals surface area contributed by atoms with Gasteiger partial charge in [-0.3, -0.25) is 24.6 Å². The second kappa shape index (κ2) is 10.4. The lowest BCUT2D eigenvalue weighted by atomic mass is 9.72. The summed E-state index contributed by atoms with van der Waals surface area (Å²) < 4.78 is 0. The summed E-state index contributed by atoms with van der Waals surface area (Å²) in [5, 5.41) is 3.62. The molecule has 8 heteroatoms. The highest BCUT2D eigenvalue weighted by atomic mass is 35.5. The van der Waals surface area contributed by atoms with Gasteiger partial charge in [-0.25, -0.2) is 0 Å². The number of amides is 3.